The fraction of sp³-hybridized carbons (Fsp3) is 0. The van der Waals surface area contributed by atoms with Crippen LogP contribution in [-0.4, -0.2) is 0 Å². The molecule has 0 aliphatic carbocycles. The quantitative estimate of drug-likeness (QED) is 0.146. The van der Waals surface area contributed by atoms with Crippen molar-refractivity contribution in [1.29, 1.82) is 0 Å². The minimum absolute atomic E-state index is 0.903. The van der Waals surface area contributed by atoms with Crippen LogP contribution in [0.15, 0.2) is 174 Å². The molecule has 0 bridgehead atoms. The van der Waals surface area contributed by atoms with Crippen molar-refractivity contribution in [1.82, 2.24) is 0 Å². The molecule has 0 N–H and O–H groups in total. The number of furan rings is 1. The number of hydrogen-bond donors (Lipinski definition) is 0. The zero-order valence-electron chi connectivity index (χ0n) is 25.6. The molecule has 10 aromatic rings. The fourth-order valence-electron chi connectivity index (χ4n) is 7.85. The molecule has 1 nitrogen and oxygen atoms in total. The normalized spacial score (nSPS) is 11.8. The maximum Gasteiger partial charge on any atom is 0.143 e. The first-order valence-electron chi connectivity index (χ1n) is 16.2. The largest absolute Gasteiger partial charge is 0.455 e. The zero-order valence-corrected chi connectivity index (χ0v) is 25.6. The first kappa shape index (κ1) is 26.1. The maximum atomic E-state index is 6.71. The summed E-state index contributed by atoms with van der Waals surface area (Å²) in [5, 5.41) is 12.3. The van der Waals surface area contributed by atoms with Crippen LogP contribution in [0.4, 0.5) is 0 Å². The van der Waals surface area contributed by atoms with E-state index in [-0.39, 0.29) is 0 Å². The van der Waals surface area contributed by atoms with Gasteiger partial charge in [0.25, 0.3) is 0 Å². The zero-order chi connectivity index (χ0) is 30.9. The first-order valence-corrected chi connectivity index (χ1v) is 16.2. The van der Waals surface area contributed by atoms with Crippen LogP contribution >= 0.6 is 0 Å². The second kappa shape index (κ2) is 10.2. The minimum atomic E-state index is 0.903. The molecule has 0 amide bonds. The molecule has 0 aliphatic heterocycles. The Morgan fingerprint density at radius 3 is 1.49 bits per heavy atom. The van der Waals surface area contributed by atoms with Crippen LogP contribution in [0.5, 0.6) is 0 Å². The van der Waals surface area contributed by atoms with E-state index in [2.05, 4.69) is 170 Å². The first-order chi connectivity index (χ1) is 23.3. The Balaban J connectivity index is 1.37. The summed E-state index contributed by atoms with van der Waals surface area (Å²) in [6, 6.07) is 61.4. The van der Waals surface area contributed by atoms with Gasteiger partial charge in [-0.3, -0.25) is 0 Å². The number of hydrogen-bond acceptors (Lipinski definition) is 1. The number of benzene rings is 9. The third-order valence-corrected chi connectivity index (χ3v) is 9.85. The summed E-state index contributed by atoms with van der Waals surface area (Å²) in [7, 11) is 0. The van der Waals surface area contributed by atoms with Crippen LogP contribution in [0.25, 0.3) is 98.4 Å². The molecule has 218 valence electrons. The lowest BCUT2D eigenvalue weighted by Crippen LogP contribution is -1.93. The van der Waals surface area contributed by atoms with E-state index in [1.54, 1.807) is 0 Å². The molecule has 10 rings (SSSR count). The Bertz CT molecular complexity index is 2780. The van der Waals surface area contributed by atoms with E-state index in [4.69, 9.17) is 4.42 Å². The summed E-state index contributed by atoms with van der Waals surface area (Å²) in [4.78, 5) is 0. The monoisotopic (exact) mass is 596 g/mol. The molecule has 0 saturated heterocycles. The molecule has 9 aromatic carbocycles. The molecule has 0 fully saturated rings. The van der Waals surface area contributed by atoms with Crippen molar-refractivity contribution < 1.29 is 4.42 Å². The second-order valence-corrected chi connectivity index (χ2v) is 12.4. The number of fused-ring (bicyclic) bond motifs is 8. The predicted octanol–water partition coefficient (Wildman–Crippen LogP) is 13.2. The minimum Gasteiger partial charge on any atom is -0.455 e. The van der Waals surface area contributed by atoms with Gasteiger partial charge in [0.1, 0.15) is 11.2 Å². The van der Waals surface area contributed by atoms with Gasteiger partial charge in [-0.15, -0.1) is 0 Å². The van der Waals surface area contributed by atoms with Gasteiger partial charge in [-0.05, 0) is 89.1 Å². The van der Waals surface area contributed by atoms with Gasteiger partial charge in [-0.2, -0.15) is 0 Å². The standard InChI is InChI=1S/C46H28O/c1-2-14-29(15-3-1)32-26-27-40(45-39-24-12-13-25-42(39)47-46(32)45)43-35-20-8-10-22-37(35)44(38-23-11-9-21-36(38)43)41-28-30-16-4-5-17-31(30)33-18-6-7-19-34(33)41/h1-28H. The average molecular weight is 597 g/mol. The molecule has 1 heteroatoms. The van der Waals surface area contributed by atoms with Crippen molar-refractivity contribution in [3.8, 4) is 33.4 Å². The van der Waals surface area contributed by atoms with Crippen LogP contribution in [0.1, 0.15) is 0 Å². The van der Waals surface area contributed by atoms with Crippen LogP contribution in [0.3, 0.4) is 0 Å². The summed E-state index contributed by atoms with van der Waals surface area (Å²) < 4.78 is 6.71. The third kappa shape index (κ3) is 3.84. The van der Waals surface area contributed by atoms with Gasteiger partial charge in [-0.25, -0.2) is 0 Å². The van der Waals surface area contributed by atoms with E-state index < -0.39 is 0 Å². The third-order valence-electron chi connectivity index (χ3n) is 9.85. The molecular formula is C46H28O. The highest BCUT2D eigenvalue weighted by Crippen LogP contribution is 2.49. The Hall–Kier alpha value is -6.18. The highest BCUT2D eigenvalue weighted by atomic mass is 16.3. The predicted molar refractivity (Wildman–Crippen MR) is 200 cm³/mol. The number of para-hydroxylation sites is 1. The molecule has 1 aromatic heterocycles. The van der Waals surface area contributed by atoms with Gasteiger partial charge in [0.2, 0.25) is 0 Å². The fourth-order valence-corrected chi connectivity index (χ4v) is 7.85. The molecule has 1 heterocycles. The van der Waals surface area contributed by atoms with E-state index in [1.165, 1.54) is 65.3 Å². The van der Waals surface area contributed by atoms with E-state index in [9.17, 15) is 0 Å². The van der Waals surface area contributed by atoms with Crippen molar-refractivity contribution in [2.45, 2.75) is 0 Å². The Labute approximate surface area is 271 Å². The summed E-state index contributed by atoms with van der Waals surface area (Å²) in [5.41, 5.74) is 9.04. The van der Waals surface area contributed by atoms with Gasteiger partial charge in [0.05, 0.1) is 0 Å². The molecule has 0 unspecified atom stereocenters. The summed E-state index contributed by atoms with van der Waals surface area (Å²) in [6.07, 6.45) is 0. The lowest BCUT2D eigenvalue weighted by Gasteiger charge is -2.20. The van der Waals surface area contributed by atoms with E-state index in [0.717, 1.165) is 33.1 Å². The van der Waals surface area contributed by atoms with Crippen LogP contribution < -0.4 is 0 Å². The molecular weight excluding hydrogens is 569 g/mol. The van der Waals surface area contributed by atoms with Gasteiger partial charge >= 0.3 is 0 Å². The van der Waals surface area contributed by atoms with Gasteiger partial charge in [0, 0.05) is 16.3 Å². The number of rotatable bonds is 3. The average Bonchev–Trinajstić information content (AvgIpc) is 3.54. The smallest absolute Gasteiger partial charge is 0.143 e. The molecule has 0 aliphatic rings. The van der Waals surface area contributed by atoms with Crippen molar-refractivity contribution in [3.63, 3.8) is 0 Å². The molecule has 0 atom stereocenters. The molecule has 47 heavy (non-hydrogen) atoms. The molecule has 0 saturated carbocycles. The van der Waals surface area contributed by atoms with Crippen molar-refractivity contribution in [2.75, 3.05) is 0 Å². The lowest BCUT2D eigenvalue weighted by atomic mass is 9.83. The van der Waals surface area contributed by atoms with Crippen LogP contribution in [0, 0.1) is 0 Å². The summed E-state index contributed by atoms with van der Waals surface area (Å²) in [6.45, 7) is 0. The van der Waals surface area contributed by atoms with Gasteiger partial charge in [-0.1, -0.05) is 152 Å². The van der Waals surface area contributed by atoms with Crippen LogP contribution in [0.2, 0.25) is 0 Å². The van der Waals surface area contributed by atoms with Crippen molar-refractivity contribution in [2.24, 2.45) is 0 Å². The van der Waals surface area contributed by atoms with Crippen molar-refractivity contribution in [3.05, 3.63) is 170 Å². The van der Waals surface area contributed by atoms with E-state index >= 15 is 0 Å². The van der Waals surface area contributed by atoms with E-state index in [1.807, 2.05) is 0 Å². The SMILES string of the molecule is c1ccc(-c2ccc(-c3c4ccccc4c(-c4cc5ccccc5c5ccccc45)c4ccccc34)c3c2oc2ccccc23)cc1. The maximum absolute atomic E-state index is 6.71. The molecule has 0 radical (unpaired) electrons. The van der Waals surface area contributed by atoms with Gasteiger partial charge < -0.3 is 4.42 Å². The van der Waals surface area contributed by atoms with E-state index in [0.29, 0.717) is 0 Å². The Morgan fingerprint density at radius 1 is 0.319 bits per heavy atom. The lowest BCUT2D eigenvalue weighted by molar-refractivity contribution is 0.670. The highest BCUT2D eigenvalue weighted by Gasteiger charge is 2.23. The van der Waals surface area contributed by atoms with Gasteiger partial charge in [0.15, 0.2) is 0 Å². The molecule has 0 spiro atoms. The Morgan fingerprint density at radius 2 is 0.809 bits per heavy atom. The summed E-state index contributed by atoms with van der Waals surface area (Å²) >= 11 is 0. The second-order valence-electron chi connectivity index (χ2n) is 12.4. The highest BCUT2D eigenvalue weighted by molar-refractivity contribution is 6.28. The van der Waals surface area contributed by atoms with Crippen molar-refractivity contribution >= 4 is 65.0 Å². The van der Waals surface area contributed by atoms with Crippen LogP contribution in [-0.2, 0) is 0 Å². The summed E-state index contributed by atoms with van der Waals surface area (Å²) in [5.74, 6) is 0. The Kier molecular flexibility index (Phi) is 5.64. The topological polar surface area (TPSA) is 13.1 Å².